The molecule has 6 nitrogen and oxygen atoms in total. The first-order chi connectivity index (χ1) is 14.3. The van der Waals surface area contributed by atoms with Crippen LogP contribution in [-0.2, 0) is 20.9 Å². The second kappa shape index (κ2) is 9.55. The van der Waals surface area contributed by atoms with Gasteiger partial charge < -0.3 is 9.47 Å². The van der Waals surface area contributed by atoms with E-state index in [4.69, 9.17) is 27.9 Å². The molecule has 2 aromatic carbocycles. The van der Waals surface area contributed by atoms with Crippen LogP contribution in [-0.4, -0.2) is 35.2 Å². The molecule has 3 rings (SSSR count). The van der Waals surface area contributed by atoms with Crippen molar-refractivity contribution in [3.05, 3.63) is 68.5 Å². The minimum absolute atomic E-state index is 0.154. The zero-order valence-electron chi connectivity index (χ0n) is 16.1. The number of hydrogen-bond acceptors (Lipinski definition) is 6. The number of thioether (sulfide) groups is 1. The second-order valence-electron chi connectivity index (χ2n) is 6.34. The van der Waals surface area contributed by atoms with Gasteiger partial charge in [0, 0.05) is 0 Å². The summed E-state index contributed by atoms with van der Waals surface area (Å²) in [7, 11) is 1.19. The summed E-state index contributed by atoms with van der Waals surface area (Å²) in [6, 6.07) is 11.7. The van der Waals surface area contributed by atoms with Gasteiger partial charge in [0.2, 0.25) is 0 Å². The molecule has 0 N–H and O–H groups in total. The van der Waals surface area contributed by atoms with Gasteiger partial charge in [0.15, 0.2) is 5.75 Å². The third kappa shape index (κ3) is 4.80. The summed E-state index contributed by atoms with van der Waals surface area (Å²) in [4.78, 5) is 37.5. The maximum absolute atomic E-state index is 12.6. The van der Waals surface area contributed by atoms with Gasteiger partial charge in [-0.2, -0.15) is 0 Å². The monoisotopic (exact) mass is 465 g/mol. The Balaban J connectivity index is 1.80. The number of esters is 1. The number of carbonyl (C=O) groups is 3. The fourth-order valence-corrected chi connectivity index (χ4v) is 4.29. The fraction of sp³-hybridized carbons (Fsp3) is 0.190. The molecule has 1 fully saturated rings. The van der Waals surface area contributed by atoms with Gasteiger partial charge in [-0.05, 0) is 48.0 Å². The van der Waals surface area contributed by atoms with Gasteiger partial charge in [-0.15, -0.1) is 0 Å². The van der Waals surface area contributed by atoms with Crippen molar-refractivity contribution in [1.29, 1.82) is 0 Å². The minimum Gasteiger partial charge on any atom is -0.486 e. The first-order valence-corrected chi connectivity index (χ1v) is 10.4. The normalized spacial score (nSPS) is 16.1. The zero-order chi connectivity index (χ0) is 21.8. The molecule has 156 valence electrons. The summed E-state index contributed by atoms with van der Waals surface area (Å²) in [5.74, 6) is -0.934. The van der Waals surface area contributed by atoms with Crippen LogP contribution in [0.4, 0.5) is 4.79 Å². The number of ether oxygens (including phenoxy) is 2. The van der Waals surface area contributed by atoms with Crippen molar-refractivity contribution in [3.63, 3.8) is 0 Å². The Labute approximate surface area is 187 Å². The number of methoxy groups -OCH3 is 1. The second-order valence-corrected chi connectivity index (χ2v) is 8.15. The Bertz CT molecular complexity index is 1000. The van der Waals surface area contributed by atoms with Gasteiger partial charge in [-0.3, -0.25) is 14.5 Å². The van der Waals surface area contributed by atoms with Gasteiger partial charge in [0.05, 0.1) is 22.1 Å². The lowest BCUT2D eigenvalue weighted by molar-refractivity contribution is -0.148. The lowest BCUT2D eigenvalue weighted by atomic mass is 10.2. The fourth-order valence-electron chi connectivity index (χ4n) is 2.77. The Morgan fingerprint density at radius 1 is 1.17 bits per heavy atom. The molecule has 1 saturated heterocycles. The van der Waals surface area contributed by atoms with Gasteiger partial charge in [0.1, 0.15) is 12.6 Å². The summed E-state index contributed by atoms with van der Waals surface area (Å²) in [6.45, 7) is 1.72. The molecule has 0 aliphatic carbocycles. The van der Waals surface area contributed by atoms with Gasteiger partial charge in [-0.25, -0.2) is 4.79 Å². The largest absolute Gasteiger partial charge is 0.486 e. The van der Waals surface area contributed by atoms with Crippen molar-refractivity contribution >= 4 is 58.2 Å². The highest BCUT2D eigenvalue weighted by Gasteiger charge is 2.41. The van der Waals surface area contributed by atoms with E-state index in [0.29, 0.717) is 17.9 Å². The summed E-state index contributed by atoms with van der Waals surface area (Å²) >= 11 is 13.4. The van der Waals surface area contributed by atoms with Crippen LogP contribution in [0.15, 0.2) is 47.4 Å². The van der Waals surface area contributed by atoms with E-state index in [1.807, 2.05) is 30.3 Å². The van der Waals surface area contributed by atoms with Gasteiger partial charge in [-0.1, -0.05) is 53.5 Å². The van der Waals surface area contributed by atoms with Crippen molar-refractivity contribution in [2.24, 2.45) is 0 Å². The van der Waals surface area contributed by atoms with Crippen LogP contribution in [0.2, 0.25) is 10.0 Å². The third-order valence-corrected chi connectivity index (χ3v) is 5.74. The molecule has 0 spiro atoms. The van der Waals surface area contributed by atoms with E-state index in [9.17, 15) is 14.4 Å². The number of benzene rings is 2. The van der Waals surface area contributed by atoms with Crippen molar-refractivity contribution < 1.29 is 23.9 Å². The highest BCUT2D eigenvalue weighted by molar-refractivity contribution is 8.18. The van der Waals surface area contributed by atoms with Gasteiger partial charge in [0.25, 0.3) is 11.1 Å². The van der Waals surface area contributed by atoms with Crippen LogP contribution in [0.5, 0.6) is 5.75 Å². The first kappa shape index (κ1) is 22.2. The Morgan fingerprint density at radius 2 is 1.80 bits per heavy atom. The molecule has 0 saturated carbocycles. The molecule has 1 atom stereocenters. The molecule has 9 heteroatoms. The molecular weight excluding hydrogens is 449 g/mol. The van der Waals surface area contributed by atoms with E-state index in [-0.39, 0.29) is 15.0 Å². The van der Waals surface area contributed by atoms with E-state index in [2.05, 4.69) is 4.74 Å². The number of carbonyl (C=O) groups excluding carboxylic acids is 3. The predicted octanol–water partition coefficient (Wildman–Crippen LogP) is 5.17. The molecule has 1 heterocycles. The molecule has 1 aliphatic heterocycles. The number of amides is 2. The van der Waals surface area contributed by atoms with Crippen LogP contribution in [0.25, 0.3) is 6.08 Å². The summed E-state index contributed by atoms with van der Waals surface area (Å²) < 4.78 is 10.3. The van der Waals surface area contributed by atoms with E-state index in [1.165, 1.54) is 20.1 Å². The minimum atomic E-state index is -1.02. The molecule has 0 unspecified atom stereocenters. The molecule has 2 aromatic rings. The Hall–Kier alpha value is -2.48. The Kier molecular flexibility index (Phi) is 7.07. The smallest absolute Gasteiger partial charge is 0.328 e. The van der Waals surface area contributed by atoms with E-state index < -0.39 is 23.2 Å². The molecule has 1 aliphatic rings. The maximum atomic E-state index is 12.6. The summed E-state index contributed by atoms with van der Waals surface area (Å²) in [5, 5.41) is -0.0113. The third-order valence-electron chi connectivity index (χ3n) is 4.30. The SMILES string of the molecule is COC(=O)[C@@H](C)N1C(=O)S/C(=C/c2cc(Cl)c(OCc3ccccc3)c(Cl)c2)C1=O. The molecule has 0 bridgehead atoms. The summed E-state index contributed by atoms with van der Waals surface area (Å²) in [5.41, 5.74) is 1.48. The quantitative estimate of drug-likeness (QED) is 0.432. The van der Waals surface area contributed by atoms with Crippen LogP contribution in [0.1, 0.15) is 18.1 Å². The van der Waals surface area contributed by atoms with Crippen molar-refractivity contribution in [3.8, 4) is 5.75 Å². The van der Waals surface area contributed by atoms with Crippen LogP contribution < -0.4 is 4.74 Å². The molecular formula is C21H17Cl2NO5S. The topological polar surface area (TPSA) is 72.9 Å². The lowest BCUT2D eigenvalue weighted by Crippen LogP contribution is -2.42. The number of imide groups is 1. The van der Waals surface area contributed by atoms with E-state index in [0.717, 1.165) is 22.2 Å². The Morgan fingerprint density at radius 3 is 2.40 bits per heavy atom. The zero-order valence-corrected chi connectivity index (χ0v) is 18.4. The van der Waals surface area contributed by atoms with E-state index in [1.54, 1.807) is 12.1 Å². The first-order valence-electron chi connectivity index (χ1n) is 8.82. The van der Waals surface area contributed by atoms with Crippen LogP contribution >= 0.6 is 35.0 Å². The molecule has 2 amide bonds. The van der Waals surface area contributed by atoms with Crippen molar-refractivity contribution in [2.75, 3.05) is 7.11 Å². The lowest BCUT2D eigenvalue weighted by Gasteiger charge is -2.18. The van der Waals surface area contributed by atoms with Crippen LogP contribution in [0.3, 0.4) is 0 Å². The number of halogens is 2. The highest BCUT2D eigenvalue weighted by atomic mass is 35.5. The average Bonchev–Trinajstić information content (AvgIpc) is 2.99. The average molecular weight is 466 g/mol. The molecule has 0 radical (unpaired) electrons. The summed E-state index contributed by atoms with van der Waals surface area (Å²) in [6.07, 6.45) is 1.49. The number of hydrogen-bond donors (Lipinski definition) is 0. The number of nitrogens with zero attached hydrogens (tertiary/aromatic N) is 1. The van der Waals surface area contributed by atoms with Crippen molar-refractivity contribution in [1.82, 2.24) is 4.90 Å². The maximum Gasteiger partial charge on any atom is 0.328 e. The highest BCUT2D eigenvalue weighted by Crippen LogP contribution is 2.38. The predicted molar refractivity (Wildman–Crippen MR) is 117 cm³/mol. The van der Waals surface area contributed by atoms with Gasteiger partial charge >= 0.3 is 5.97 Å². The van der Waals surface area contributed by atoms with Crippen LogP contribution in [0, 0.1) is 0 Å². The molecule has 0 aromatic heterocycles. The molecule has 30 heavy (non-hydrogen) atoms. The standard InChI is InChI=1S/C21H17Cl2NO5S/c1-12(20(26)28-2)24-19(25)17(30-21(24)27)10-14-8-15(22)18(16(23)9-14)29-11-13-6-4-3-5-7-13/h3-10,12H,11H2,1-2H3/b17-10+/t12-/m1/s1. The van der Waals surface area contributed by atoms with Crippen molar-refractivity contribution in [2.45, 2.75) is 19.6 Å². The van der Waals surface area contributed by atoms with E-state index >= 15 is 0 Å². The number of rotatable bonds is 6.